The zero-order chi connectivity index (χ0) is 16.8. The van der Waals surface area contributed by atoms with E-state index >= 15 is 0 Å². The summed E-state index contributed by atoms with van der Waals surface area (Å²) in [6.07, 6.45) is 2.07. The number of nitrogens with one attached hydrogen (secondary N) is 1. The van der Waals surface area contributed by atoms with Crippen molar-refractivity contribution in [1.29, 1.82) is 0 Å². The molecule has 1 fully saturated rings. The molecule has 0 bridgehead atoms. The Bertz CT molecular complexity index is 655. The molecule has 4 heteroatoms. The highest BCUT2D eigenvalue weighted by molar-refractivity contribution is 5.89. The van der Waals surface area contributed by atoms with Gasteiger partial charge < -0.3 is 15.0 Å². The Balaban J connectivity index is 1.51. The molecule has 126 valence electrons. The van der Waals surface area contributed by atoms with Crippen LogP contribution in [-0.4, -0.2) is 30.1 Å². The number of piperidine rings is 1. The van der Waals surface area contributed by atoms with Crippen LogP contribution in [0.25, 0.3) is 0 Å². The van der Waals surface area contributed by atoms with Crippen molar-refractivity contribution in [3.05, 3.63) is 65.7 Å². The number of carbonyl (C=O) groups excluding carboxylic acids is 1. The fraction of sp³-hybridized carbons (Fsp3) is 0.350. The maximum atomic E-state index is 12.4. The Labute approximate surface area is 143 Å². The molecule has 24 heavy (non-hydrogen) atoms. The molecule has 0 saturated carbocycles. The minimum atomic E-state index is -0.0492. The molecule has 1 unspecified atom stereocenters. The molecule has 0 spiro atoms. The monoisotopic (exact) mass is 324 g/mol. The number of amides is 2. The van der Waals surface area contributed by atoms with Gasteiger partial charge in [-0.15, -0.1) is 0 Å². The first kappa shape index (κ1) is 16.5. The second-order valence-corrected chi connectivity index (χ2v) is 6.30. The lowest BCUT2D eigenvalue weighted by Gasteiger charge is -2.32. The van der Waals surface area contributed by atoms with E-state index in [0.29, 0.717) is 13.2 Å². The van der Waals surface area contributed by atoms with Crippen LogP contribution >= 0.6 is 0 Å². The first-order chi connectivity index (χ1) is 11.7. The number of likely N-dealkylation sites (tertiary alicyclic amines) is 1. The maximum Gasteiger partial charge on any atom is 0.321 e. The molecule has 0 radical (unpaired) electrons. The molecular weight excluding hydrogens is 300 g/mol. The number of hydrogen-bond donors (Lipinski definition) is 1. The summed E-state index contributed by atoms with van der Waals surface area (Å²) in [6, 6.07) is 18.0. The number of benzene rings is 2. The van der Waals surface area contributed by atoms with E-state index in [1.54, 1.807) is 0 Å². The molecule has 2 aromatic rings. The Morgan fingerprint density at radius 2 is 1.92 bits per heavy atom. The van der Waals surface area contributed by atoms with Gasteiger partial charge in [0.15, 0.2) is 0 Å². The van der Waals surface area contributed by atoms with Crippen molar-refractivity contribution in [3.63, 3.8) is 0 Å². The van der Waals surface area contributed by atoms with Gasteiger partial charge in [-0.1, -0.05) is 48.0 Å². The minimum absolute atomic E-state index is 0.0492. The van der Waals surface area contributed by atoms with Crippen molar-refractivity contribution in [1.82, 2.24) is 4.90 Å². The van der Waals surface area contributed by atoms with Gasteiger partial charge in [0.1, 0.15) is 0 Å². The first-order valence-electron chi connectivity index (χ1n) is 8.49. The van der Waals surface area contributed by atoms with Crippen LogP contribution in [0.15, 0.2) is 54.6 Å². The lowest BCUT2D eigenvalue weighted by molar-refractivity contribution is 0.00102. The summed E-state index contributed by atoms with van der Waals surface area (Å²) in [5, 5.41) is 2.96. The van der Waals surface area contributed by atoms with Gasteiger partial charge in [-0.2, -0.15) is 0 Å². The molecule has 2 aromatic carbocycles. The number of hydrogen-bond acceptors (Lipinski definition) is 2. The van der Waals surface area contributed by atoms with Crippen LogP contribution in [0.2, 0.25) is 0 Å². The quantitative estimate of drug-likeness (QED) is 0.915. The Morgan fingerprint density at radius 3 is 2.67 bits per heavy atom. The topological polar surface area (TPSA) is 41.6 Å². The normalized spacial score (nSPS) is 17.5. The highest BCUT2D eigenvalue weighted by Crippen LogP contribution is 2.17. The third kappa shape index (κ3) is 4.59. The summed E-state index contributed by atoms with van der Waals surface area (Å²) < 4.78 is 5.99. The zero-order valence-electron chi connectivity index (χ0n) is 14.1. The van der Waals surface area contributed by atoms with Crippen LogP contribution in [0.4, 0.5) is 10.5 Å². The Morgan fingerprint density at radius 1 is 1.17 bits per heavy atom. The molecule has 0 aromatic heterocycles. The molecule has 1 saturated heterocycles. The number of carbonyl (C=O) groups is 1. The van der Waals surface area contributed by atoms with Gasteiger partial charge >= 0.3 is 6.03 Å². The van der Waals surface area contributed by atoms with Gasteiger partial charge in [0.25, 0.3) is 0 Å². The summed E-state index contributed by atoms with van der Waals surface area (Å²) >= 11 is 0. The summed E-state index contributed by atoms with van der Waals surface area (Å²) in [6.45, 7) is 4.05. The number of rotatable bonds is 4. The average molecular weight is 324 g/mol. The van der Waals surface area contributed by atoms with Crippen molar-refractivity contribution in [2.24, 2.45) is 0 Å². The summed E-state index contributed by atoms with van der Waals surface area (Å²) in [5.74, 6) is 0. The third-order valence-corrected chi connectivity index (χ3v) is 4.30. The van der Waals surface area contributed by atoms with Crippen LogP contribution in [0, 0.1) is 6.92 Å². The number of nitrogens with zero attached hydrogens (tertiary/aromatic N) is 1. The fourth-order valence-corrected chi connectivity index (χ4v) is 2.89. The standard InChI is InChI=1S/C20H24N2O2/c1-16-9-11-18(12-10-16)21-20(23)22-13-5-8-19(14-22)24-15-17-6-3-2-4-7-17/h2-4,6-7,9-12,19H,5,8,13-15H2,1H3,(H,21,23). The SMILES string of the molecule is Cc1ccc(NC(=O)N2CCCC(OCc3ccccc3)C2)cc1. The molecule has 1 heterocycles. The van der Waals surface area contributed by atoms with E-state index in [1.165, 1.54) is 11.1 Å². The predicted molar refractivity (Wildman–Crippen MR) is 96.0 cm³/mol. The predicted octanol–water partition coefficient (Wildman–Crippen LogP) is 4.21. The van der Waals surface area contributed by atoms with Crippen LogP contribution in [0.5, 0.6) is 0 Å². The van der Waals surface area contributed by atoms with Gasteiger partial charge in [0.2, 0.25) is 0 Å². The van der Waals surface area contributed by atoms with Crippen LogP contribution < -0.4 is 5.32 Å². The fourth-order valence-electron chi connectivity index (χ4n) is 2.89. The second kappa shape index (κ2) is 7.97. The van der Waals surface area contributed by atoms with Crippen molar-refractivity contribution in [2.45, 2.75) is 32.5 Å². The summed E-state index contributed by atoms with van der Waals surface area (Å²) in [7, 11) is 0. The van der Waals surface area contributed by atoms with Gasteiger partial charge in [-0.25, -0.2) is 4.79 Å². The van der Waals surface area contributed by atoms with E-state index < -0.39 is 0 Å². The number of ether oxygens (including phenoxy) is 1. The molecule has 1 aliphatic heterocycles. The van der Waals surface area contributed by atoms with Crippen LogP contribution in [-0.2, 0) is 11.3 Å². The number of aryl methyl sites for hydroxylation is 1. The molecule has 3 rings (SSSR count). The molecule has 1 atom stereocenters. The maximum absolute atomic E-state index is 12.4. The highest BCUT2D eigenvalue weighted by Gasteiger charge is 2.24. The molecule has 4 nitrogen and oxygen atoms in total. The number of anilines is 1. The van der Waals surface area contributed by atoms with Crippen molar-refractivity contribution < 1.29 is 9.53 Å². The van der Waals surface area contributed by atoms with Gasteiger partial charge in [0.05, 0.1) is 12.7 Å². The molecule has 2 amide bonds. The van der Waals surface area contributed by atoms with E-state index in [1.807, 2.05) is 54.3 Å². The molecular formula is C20H24N2O2. The summed E-state index contributed by atoms with van der Waals surface area (Å²) in [4.78, 5) is 14.3. The first-order valence-corrected chi connectivity index (χ1v) is 8.49. The van der Waals surface area contributed by atoms with E-state index in [0.717, 1.165) is 25.1 Å². The largest absolute Gasteiger partial charge is 0.372 e. The van der Waals surface area contributed by atoms with E-state index in [2.05, 4.69) is 17.4 Å². The molecule has 1 N–H and O–H groups in total. The Kier molecular flexibility index (Phi) is 5.49. The van der Waals surface area contributed by atoms with Gasteiger partial charge in [-0.3, -0.25) is 0 Å². The lowest BCUT2D eigenvalue weighted by Crippen LogP contribution is -2.45. The van der Waals surface area contributed by atoms with Gasteiger partial charge in [0, 0.05) is 18.8 Å². The minimum Gasteiger partial charge on any atom is -0.372 e. The van der Waals surface area contributed by atoms with Crippen molar-refractivity contribution >= 4 is 11.7 Å². The van der Waals surface area contributed by atoms with Crippen molar-refractivity contribution in [3.8, 4) is 0 Å². The number of urea groups is 1. The van der Waals surface area contributed by atoms with Crippen LogP contribution in [0.3, 0.4) is 0 Å². The second-order valence-electron chi connectivity index (χ2n) is 6.30. The Hall–Kier alpha value is -2.33. The van der Waals surface area contributed by atoms with Crippen LogP contribution in [0.1, 0.15) is 24.0 Å². The average Bonchev–Trinajstić information content (AvgIpc) is 2.63. The van der Waals surface area contributed by atoms with E-state index in [9.17, 15) is 4.79 Å². The van der Waals surface area contributed by atoms with E-state index in [-0.39, 0.29) is 12.1 Å². The third-order valence-electron chi connectivity index (χ3n) is 4.30. The molecule has 0 aliphatic carbocycles. The van der Waals surface area contributed by atoms with Gasteiger partial charge in [-0.05, 0) is 37.5 Å². The van der Waals surface area contributed by atoms with E-state index in [4.69, 9.17) is 4.74 Å². The zero-order valence-corrected chi connectivity index (χ0v) is 14.1. The highest BCUT2D eigenvalue weighted by atomic mass is 16.5. The lowest BCUT2D eigenvalue weighted by atomic mass is 10.1. The molecule has 1 aliphatic rings. The smallest absolute Gasteiger partial charge is 0.321 e. The van der Waals surface area contributed by atoms with Crippen molar-refractivity contribution in [2.75, 3.05) is 18.4 Å². The summed E-state index contributed by atoms with van der Waals surface area (Å²) in [5.41, 5.74) is 3.18.